The molecule has 2 atom stereocenters. The molecule has 1 aromatic rings. The van der Waals surface area contributed by atoms with Crippen molar-refractivity contribution < 1.29 is 19.4 Å². The summed E-state index contributed by atoms with van der Waals surface area (Å²) in [6, 6.07) is 7.50. The van der Waals surface area contributed by atoms with Gasteiger partial charge < -0.3 is 14.6 Å². The molecular formula is C15H20O4. The van der Waals surface area contributed by atoms with Crippen LogP contribution in [0.25, 0.3) is 0 Å². The summed E-state index contributed by atoms with van der Waals surface area (Å²) in [4.78, 5) is 11.3. The Morgan fingerprint density at radius 3 is 2.58 bits per heavy atom. The highest BCUT2D eigenvalue weighted by atomic mass is 16.5. The van der Waals surface area contributed by atoms with E-state index in [1.165, 1.54) is 6.08 Å². The second-order valence-electron chi connectivity index (χ2n) is 4.43. The first-order chi connectivity index (χ1) is 9.02. The quantitative estimate of drug-likeness (QED) is 0.605. The van der Waals surface area contributed by atoms with Crippen LogP contribution < -0.4 is 4.74 Å². The molecule has 4 nitrogen and oxygen atoms in total. The number of aliphatic hydroxyl groups excluding tert-OH is 1. The molecule has 0 radical (unpaired) electrons. The van der Waals surface area contributed by atoms with Crippen molar-refractivity contribution in [3.63, 3.8) is 0 Å². The van der Waals surface area contributed by atoms with E-state index in [4.69, 9.17) is 9.47 Å². The second kappa shape index (κ2) is 7.59. The van der Waals surface area contributed by atoms with E-state index in [9.17, 15) is 9.90 Å². The molecule has 0 heterocycles. The van der Waals surface area contributed by atoms with Crippen molar-refractivity contribution in [2.45, 2.75) is 20.0 Å². The van der Waals surface area contributed by atoms with Crippen LogP contribution in [-0.4, -0.2) is 30.4 Å². The van der Waals surface area contributed by atoms with E-state index in [0.717, 1.165) is 5.56 Å². The highest BCUT2D eigenvalue weighted by molar-refractivity contribution is 5.73. The van der Waals surface area contributed by atoms with E-state index >= 15 is 0 Å². The molecule has 0 bridgehead atoms. The maximum Gasteiger partial charge on any atom is 0.312 e. The number of benzene rings is 1. The van der Waals surface area contributed by atoms with Crippen molar-refractivity contribution in [3.8, 4) is 5.75 Å². The lowest BCUT2D eigenvalue weighted by molar-refractivity contribution is -0.149. The predicted octanol–water partition coefficient (Wildman–Crippen LogP) is 2.10. The molecule has 0 spiro atoms. The largest absolute Gasteiger partial charge is 0.491 e. The minimum atomic E-state index is -0.845. The van der Waals surface area contributed by atoms with Gasteiger partial charge in [0, 0.05) is 0 Å². The van der Waals surface area contributed by atoms with Crippen LogP contribution in [0.1, 0.15) is 12.5 Å². The standard InChI is InChI=1S/C15H20O4/c1-4-12(3)15(17)19-10-13(16)9-18-14-7-5-11(2)6-8-14/h4-8,12-13,16H,1,9-10H2,2-3H3. The van der Waals surface area contributed by atoms with E-state index in [1.807, 2.05) is 31.2 Å². The molecule has 0 saturated heterocycles. The summed E-state index contributed by atoms with van der Waals surface area (Å²) in [5, 5.41) is 9.64. The lowest BCUT2D eigenvalue weighted by atomic mass is 10.2. The van der Waals surface area contributed by atoms with Crippen LogP contribution in [-0.2, 0) is 9.53 Å². The van der Waals surface area contributed by atoms with Crippen LogP contribution in [0.3, 0.4) is 0 Å². The van der Waals surface area contributed by atoms with Crippen molar-refractivity contribution in [2.24, 2.45) is 5.92 Å². The van der Waals surface area contributed by atoms with Crippen LogP contribution in [0.4, 0.5) is 0 Å². The highest BCUT2D eigenvalue weighted by Gasteiger charge is 2.13. The third-order valence-electron chi connectivity index (χ3n) is 2.61. The van der Waals surface area contributed by atoms with Crippen LogP contribution in [0.5, 0.6) is 5.75 Å². The molecule has 104 valence electrons. The lowest BCUT2D eigenvalue weighted by Gasteiger charge is -2.14. The Morgan fingerprint density at radius 2 is 2.00 bits per heavy atom. The van der Waals surface area contributed by atoms with Crippen molar-refractivity contribution in [1.29, 1.82) is 0 Å². The fraction of sp³-hybridized carbons (Fsp3) is 0.400. The van der Waals surface area contributed by atoms with Gasteiger partial charge in [-0.3, -0.25) is 4.79 Å². The molecule has 0 aliphatic carbocycles. The van der Waals surface area contributed by atoms with E-state index in [2.05, 4.69) is 6.58 Å². The predicted molar refractivity (Wildman–Crippen MR) is 73.0 cm³/mol. The normalized spacial score (nSPS) is 13.4. The molecule has 0 fully saturated rings. The minimum absolute atomic E-state index is 0.0805. The topological polar surface area (TPSA) is 55.8 Å². The molecule has 0 saturated carbocycles. The number of rotatable bonds is 7. The van der Waals surface area contributed by atoms with Gasteiger partial charge in [0.15, 0.2) is 0 Å². The molecule has 4 heteroatoms. The van der Waals surface area contributed by atoms with Gasteiger partial charge in [-0.15, -0.1) is 6.58 Å². The summed E-state index contributed by atoms with van der Waals surface area (Å²) < 4.78 is 10.3. The van der Waals surface area contributed by atoms with Gasteiger partial charge in [0.2, 0.25) is 0 Å². The highest BCUT2D eigenvalue weighted by Crippen LogP contribution is 2.11. The number of hydrogen-bond donors (Lipinski definition) is 1. The second-order valence-corrected chi connectivity index (χ2v) is 4.43. The van der Waals surface area contributed by atoms with Gasteiger partial charge in [-0.2, -0.15) is 0 Å². The van der Waals surface area contributed by atoms with Gasteiger partial charge in [-0.25, -0.2) is 0 Å². The molecule has 0 aromatic heterocycles. The van der Waals surface area contributed by atoms with E-state index < -0.39 is 12.1 Å². The first kappa shape index (κ1) is 15.2. The number of esters is 1. The monoisotopic (exact) mass is 264 g/mol. The summed E-state index contributed by atoms with van der Waals surface area (Å²) in [5.74, 6) is -0.0926. The maximum atomic E-state index is 11.3. The Morgan fingerprint density at radius 1 is 1.37 bits per heavy atom. The summed E-state index contributed by atoms with van der Waals surface area (Å²) in [6.45, 7) is 7.18. The average molecular weight is 264 g/mol. The van der Waals surface area contributed by atoms with Gasteiger partial charge in [0.05, 0.1) is 5.92 Å². The number of carbonyl (C=O) groups is 1. The summed E-state index contributed by atoms with van der Waals surface area (Å²) >= 11 is 0. The van der Waals surface area contributed by atoms with Crippen LogP contribution in [0.2, 0.25) is 0 Å². The summed E-state index contributed by atoms with van der Waals surface area (Å²) in [5.41, 5.74) is 1.14. The zero-order valence-electron chi connectivity index (χ0n) is 11.3. The summed E-state index contributed by atoms with van der Waals surface area (Å²) in [6.07, 6.45) is 0.652. The molecular weight excluding hydrogens is 244 g/mol. The zero-order valence-corrected chi connectivity index (χ0v) is 11.3. The number of hydrogen-bond acceptors (Lipinski definition) is 4. The van der Waals surface area contributed by atoms with Gasteiger partial charge in [-0.1, -0.05) is 23.8 Å². The fourth-order valence-corrected chi connectivity index (χ4v) is 1.28. The Bertz CT molecular complexity index is 411. The molecule has 1 aromatic carbocycles. The zero-order chi connectivity index (χ0) is 14.3. The molecule has 0 amide bonds. The van der Waals surface area contributed by atoms with Gasteiger partial charge in [0.1, 0.15) is 25.1 Å². The van der Waals surface area contributed by atoms with Crippen molar-refractivity contribution in [1.82, 2.24) is 0 Å². The van der Waals surface area contributed by atoms with E-state index in [-0.39, 0.29) is 19.1 Å². The first-order valence-electron chi connectivity index (χ1n) is 6.19. The van der Waals surface area contributed by atoms with Crippen LogP contribution in [0.15, 0.2) is 36.9 Å². The Labute approximate surface area is 113 Å². The Hall–Kier alpha value is -1.81. The molecule has 1 N–H and O–H groups in total. The maximum absolute atomic E-state index is 11.3. The SMILES string of the molecule is C=CC(C)C(=O)OCC(O)COc1ccc(C)cc1. The van der Waals surface area contributed by atoms with Crippen LogP contribution >= 0.6 is 0 Å². The number of carbonyl (C=O) groups excluding carboxylic acids is 1. The lowest BCUT2D eigenvalue weighted by Crippen LogP contribution is -2.26. The van der Waals surface area contributed by atoms with E-state index in [1.54, 1.807) is 6.92 Å². The summed E-state index contributed by atoms with van der Waals surface area (Å²) in [7, 11) is 0. The van der Waals surface area contributed by atoms with Gasteiger partial charge in [-0.05, 0) is 26.0 Å². The molecule has 0 aliphatic heterocycles. The third kappa shape index (κ3) is 5.57. The molecule has 1 rings (SSSR count). The number of aryl methyl sites for hydroxylation is 1. The third-order valence-corrected chi connectivity index (χ3v) is 2.61. The van der Waals surface area contributed by atoms with Crippen LogP contribution in [0, 0.1) is 12.8 Å². The molecule has 0 aliphatic rings. The van der Waals surface area contributed by atoms with Crippen molar-refractivity contribution in [2.75, 3.05) is 13.2 Å². The number of aliphatic hydroxyl groups is 1. The van der Waals surface area contributed by atoms with Crippen molar-refractivity contribution >= 4 is 5.97 Å². The smallest absolute Gasteiger partial charge is 0.312 e. The molecule has 19 heavy (non-hydrogen) atoms. The first-order valence-corrected chi connectivity index (χ1v) is 6.19. The number of ether oxygens (including phenoxy) is 2. The fourth-order valence-electron chi connectivity index (χ4n) is 1.28. The average Bonchev–Trinajstić information content (AvgIpc) is 2.43. The molecule has 2 unspecified atom stereocenters. The Kier molecular flexibility index (Phi) is 6.09. The van der Waals surface area contributed by atoms with Gasteiger partial charge in [0.25, 0.3) is 0 Å². The van der Waals surface area contributed by atoms with Gasteiger partial charge >= 0.3 is 5.97 Å². The minimum Gasteiger partial charge on any atom is -0.491 e. The Balaban J connectivity index is 2.28. The van der Waals surface area contributed by atoms with Crippen molar-refractivity contribution in [3.05, 3.63) is 42.5 Å². The van der Waals surface area contributed by atoms with E-state index in [0.29, 0.717) is 5.75 Å².